The number of nitrogens with zero attached hydrogens (tertiary/aromatic N) is 4. The first-order valence-electron chi connectivity index (χ1n) is 10.7. The first-order valence-corrected chi connectivity index (χ1v) is 13.5. The van der Waals surface area contributed by atoms with Crippen molar-refractivity contribution in [2.45, 2.75) is 47.0 Å². The summed E-state index contributed by atoms with van der Waals surface area (Å²) in [6, 6.07) is 8.73. The highest BCUT2D eigenvalue weighted by atomic mass is 32.2. The van der Waals surface area contributed by atoms with Crippen LogP contribution < -0.4 is 0 Å². The number of rotatable bonds is 8. The van der Waals surface area contributed by atoms with Crippen molar-refractivity contribution in [2.24, 2.45) is 5.92 Å². The summed E-state index contributed by atoms with van der Waals surface area (Å²) in [6.07, 6.45) is 2.06. The maximum absolute atomic E-state index is 12.5. The summed E-state index contributed by atoms with van der Waals surface area (Å²) >= 11 is 4.67. The van der Waals surface area contributed by atoms with E-state index in [9.17, 15) is 9.59 Å². The molecule has 6 nitrogen and oxygen atoms in total. The van der Waals surface area contributed by atoms with E-state index in [0.29, 0.717) is 37.8 Å². The molecule has 0 bridgehead atoms. The molecule has 2 heterocycles. The minimum Gasteiger partial charge on any atom is -0.339 e. The van der Waals surface area contributed by atoms with Crippen LogP contribution in [-0.2, 0) is 15.3 Å². The summed E-state index contributed by atoms with van der Waals surface area (Å²) in [7, 11) is 0. The van der Waals surface area contributed by atoms with Crippen molar-refractivity contribution in [3.05, 3.63) is 35.4 Å². The molecule has 2 fully saturated rings. The van der Waals surface area contributed by atoms with E-state index in [1.807, 2.05) is 9.80 Å². The number of hydrogen-bond donors (Lipinski definition) is 0. The van der Waals surface area contributed by atoms with Gasteiger partial charge < -0.3 is 9.80 Å². The monoisotopic (exact) mass is 476 g/mol. The Balaban J connectivity index is 1.18. The molecule has 1 aromatic carbocycles. The lowest BCUT2D eigenvalue weighted by molar-refractivity contribution is -0.139. The third-order valence-corrected chi connectivity index (χ3v) is 8.83. The molecule has 1 aliphatic carbocycles. The lowest BCUT2D eigenvalue weighted by Crippen LogP contribution is -2.51. The van der Waals surface area contributed by atoms with Gasteiger partial charge in [0.25, 0.3) is 0 Å². The Labute approximate surface area is 196 Å². The molecule has 0 spiro atoms. The smallest absolute Gasteiger partial charge is 0.233 e. The number of aromatic nitrogens is 2. The predicted octanol–water partition coefficient (Wildman–Crippen LogP) is 4.13. The highest BCUT2D eigenvalue weighted by Crippen LogP contribution is 2.32. The predicted molar refractivity (Wildman–Crippen MR) is 127 cm³/mol. The third kappa shape index (κ3) is 6.23. The second kappa shape index (κ2) is 10.4. The average Bonchev–Trinajstić information content (AvgIpc) is 3.54. The molecular formula is C22H28N4O2S3. The standard InChI is InChI=1S/C22H28N4O2S3/c1-15(2)17-5-3-16(4-6-17)13-29-21-23-24-22(31-21)30-14-19(27)25-9-11-26(12-10-25)20(28)18-7-8-18/h3-6,15,18H,7-14H2,1-2H3. The number of hydrogen-bond acceptors (Lipinski definition) is 7. The number of amides is 2. The molecule has 0 atom stereocenters. The Kier molecular flexibility index (Phi) is 7.55. The Hall–Kier alpha value is -1.58. The summed E-state index contributed by atoms with van der Waals surface area (Å²) in [5.74, 6) is 2.41. The van der Waals surface area contributed by atoms with Crippen molar-refractivity contribution in [1.29, 1.82) is 0 Å². The Morgan fingerprint density at radius 3 is 2.23 bits per heavy atom. The first-order chi connectivity index (χ1) is 15.0. The molecule has 2 aliphatic rings. The number of carbonyl (C=O) groups excluding carboxylic acids is 2. The van der Waals surface area contributed by atoms with E-state index < -0.39 is 0 Å². The van der Waals surface area contributed by atoms with Gasteiger partial charge in [0.05, 0.1) is 5.75 Å². The van der Waals surface area contributed by atoms with Crippen molar-refractivity contribution < 1.29 is 9.59 Å². The van der Waals surface area contributed by atoms with Crippen LogP contribution in [-0.4, -0.2) is 63.7 Å². The van der Waals surface area contributed by atoms with Crippen LogP contribution in [0.5, 0.6) is 0 Å². The van der Waals surface area contributed by atoms with Gasteiger partial charge in [-0.1, -0.05) is 73.0 Å². The summed E-state index contributed by atoms with van der Waals surface area (Å²) in [4.78, 5) is 28.5. The molecule has 1 saturated heterocycles. The van der Waals surface area contributed by atoms with Crippen molar-refractivity contribution >= 4 is 46.7 Å². The zero-order chi connectivity index (χ0) is 21.8. The van der Waals surface area contributed by atoms with Crippen molar-refractivity contribution in [2.75, 3.05) is 31.9 Å². The van der Waals surface area contributed by atoms with Gasteiger partial charge in [-0.05, 0) is 29.9 Å². The molecule has 0 radical (unpaired) electrons. The molecule has 2 aromatic rings. The SMILES string of the molecule is CC(C)c1ccc(CSc2nnc(SCC(=O)N3CCN(C(=O)C4CC4)CC3)s2)cc1. The molecule has 166 valence electrons. The Morgan fingerprint density at radius 2 is 1.61 bits per heavy atom. The normalized spacial score (nSPS) is 16.7. The molecule has 0 unspecified atom stereocenters. The second-order valence-corrected chi connectivity index (χ2v) is 11.7. The van der Waals surface area contributed by atoms with Gasteiger partial charge in [-0.3, -0.25) is 9.59 Å². The molecule has 31 heavy (non-hydrogen) atoms. The van der Waals surface area contributed by atoms with E-state index in [1.54, 1.807) is 23.1 Å². The van der Waals surface area contributed by atoms with Crippen LogP contribution in [0.25, 0.3) is 0 Å². The van der Waals surface area contributed by atoms with Crippen LogP contribution >= 0.6 is 34.9 Å². The van der Waals surface area contributed by atoms with E-state index in [0.717, 1.165) is 27.3 Å². The minimum absolute atomic E-state index is 0.109. The number of benzene rings is 1. The van der Waals surface area contributed by atoms with Gasteiger partial charge in [-0.25, -0.2) is 0 Å². The lowest BCUT2D eigenvalue weighted by atomic mass is 10.0. The minimum atomic E-state index is 0.109. The molecule has 2 amide bonds. The average molecular weight is 477 g/mol. The van der Waals surface area contributed by atoms with Gasteiger partial charge in [0.15, 0.2) is 8.68 Å². The van der Waals surface area contributed by atoms with Crippen LogP contribution in [0.15, 0.2) is 32.9 Å². The zero-order valence-corrected chi connectivity index (χ0v) is 20.4. The van der Waals surface area contributed by atoms with Crippen molar-refractivity contribution in [3.8, 4) is 0 Å². The maximum atomic E-state index is 12.5. The molecule has 1 aromatic heterocycles. The molecule has 0 N–H and O–H groups in total. The van der Waals surface area contributed by atoms with E-state index in [-0.39, 0.29) is 17.7 Å². The van der Waals surface area contributed by atoms with E-state index in [4.69, 9.17) is 0 Å². The number of thioether (sulfide) groups is 2. The highest BCUT2D eigenvalue weighted by molar-refractivity contribution is 8.03. The molecule has 4 rings (SSSR count). The Bertz CT molecular complexity index is 904. The summed E-state index contributed by atoms with van der Waals surface area (Å²) in [6.45, 7) is 6.97. The van der Waals surface area contributed by atoms with E-state index in [2.05, 4.69) is 48.3 Å². The summed E-state index contributed by atoms with van der Waals surface area (Å²) in [5.41, 5.74) is 2.62. The van der Waals surface area contributed by atoms with Crippen LogP contribution in [0.3, 0.4) is 0 Å². The fraction of sp³-hybridized carbons (Fsp3) is 0.545. The van der Waals surface area contributed by atoms with Crippen molar-refractivity contribution in [1.82, 2.24) is 20.0 Å². The van der Waals surface area contributed by atoms with Crippen LogP contribution in [0.1, 0.15) is 43.7 Å². The van der Waals surface area contributed by atoms with E-state index in [1.165, 1.54) is 22.9 Å². The van der Waals surface area contributed by atoms with Gasteiger partial charge in [0.1, 0.15) is 0 Å². The third-order valence-electron chi connectivity index (χ3n) is 5.59. The lowest BCUT2D eigenvalue weighted by Gasteiger charge is -2.34. The maximum Gasteiger partial charge on any atom is 0.233 e. The van der Waals surface area contributed by atoms with Gasteiger partial charge in [-0.15, -0.1) is 10.2 Å². The van der Waals surface area contributed by atoms with Gasteiger partial charge in [0.2, 0.25) is 11.8 Å². The second-order valence-electron chi connectivity index (χ2n) is 8.29. The van der Waals surface area contributed by atoms with Crippen LogP contribution in [0, 0.1) is 5.92 Å². The van der Waals surface area contributed by atoms with Crippen LogP contribution in [0.2, 0.25) is 0 Å². The highest BCUT2D eigenvalue weighted by Gasteiger charge is 2.35. The number of carbonyl (C=O) groups is 2. The molecule has 9 heteroatoms. The quantitative estimate of drug-likeness (QED) is 0.534. The topological polar surface area (TPSA) is 66.4 Å². The van der Waals surface area contributed by atoms with Gasteiger partial charge in [-0.2, -0.15) is 0 Å². The van der Waals surface area contributed by atoms with Crippen LogP contribution in [0.4, 0.5) is 0 Å². The van der Waals surface area contributed by atoms with Crippen molar-refractivity contribution in [3.63, 3.8) is 0 Å². The number of piperazine rings is 1. The summed E-state index contributed by atoms with van der Waals surface area (Å²) in [5, 5.41) is 8.49. The molecule has 1 aliphatic heterocycles. The summed E-state index contributed by atoms with van der Waals surface area (Å²) < 4.78 is 1.75. The molecular weight excluding hydrogens is 448 g/mol. The van der Waals surface area contributed by atoms with Gasteiger partial charge in [0, 0.05) is 37.8 Å². The first kappa shape index (κ1) is 22.6. The largest absolute Gasteiger partial charge is 0.339 e. The molecule has 1 saturated carbocycles. The fourth-order valence-corrected chi connectivity index (χ4v) is 6.32. The van der Waals surface area contributed by atoms with E-state index >= 15 is 0 Å². The fourth-order valence-electron chi connectivity index (χ4n) is 3.44. The Morgan fingerprint density at radius 1 is 1.00 bits per heavy atom. The zero-order valence-electron chi connectivity index (χ0n) is 18.0. The van der Waals surface area contributed by atoms with Gasteiger partial charge >= 0.3 is 0 Å².